The van der Waals surface area contributed by atoms with Crippen molar-refractivity contribution >= 4 is 29.3 Å². The minimum absolute atomic E-state index is 0.0520. The van der Waals surface area contributed by atoms with E-state index in [-0.39, 0.29) is 24.5 Å². The van der Waals surface area contributed by atoms with Crippen LogP contribution in [-0.4, -0.2) is 47.5 Å². The predicted molar refractivity (Wildman–Crippen MR) is 166 cm³/mol. The molecule has 11 heteroatoms. The van der Waals surface area contributed by atoms with Crippen molar-refractivity contribution in [1.82, 2.24) is 14.8 Å². The molecule has 3 N–H and O–H groups in total. The van der Waals surface area contributed by atoms with E-state index >= 15 is 0 Å². The van der Waals surface area contributed by atoms with Crippen LogP contribution in [0.5, 0.6) is 11.5 Å². The van der Waals surface area contributed by atoms with Crippen LogP contribution < -0.4 is 25.4 Å². The van der Waals surface area contributed by atoms with Crippen LogP contribution in [0, 0.1) is 13.8 Å². The normalized spacial score (nSPS) is 11.1. The van der Waals surface area contributed by atoms with Gasteiger partial charge in [-0.3, -0.25) is 10.1 Å². The Labute approximate surface area is 251 Å². The summed E-state index contributed by atoms with van der Waals surface area (Å²) in [5.74, 6) is 2.08. The number of urea groups is 1. The molecule has 0 bridgehead atoms. The zero-order chi connectivity index (χ0) is 31.1. The summed E-state index contributed by atoms with van der Waals surface area (Å²) < 4.78 is 17.9. The third-order valence-corrected chi connectivity index (χ3v) is 6.78. The number of amides is 3. The molecule has 2 aromatic heterocycles. The third-order valence-electron chi connectivity index (χ3n) is 6.78. The number of carbonyl (C=O) groups is 2. The molecule has 0 radical (unpaired) electrons. The molecule has 0 saturated carbocycles. The molecule has 226 valence electrons. The van der Waals surface area contributed by atoms with Gasteiger partial charge in [0.2, 0.25) is 0 Å². The molecule has 0 spiro atoms. The summed E-state index contributed by atoms with van der Waals surface area (Å²) in [5, 5.41) is 13.4. The summed E-state index contributed by atoms with van der Waals surface area (Å²) >= 11 is 0. The van der Waals surface area contributed by atoms with Crippen molar-refractivity contribution in [2.45, 2.75) is 46.6 Å². The molecule has 0 unspecified atom stereocenters. The predicted octanol–water partition coefficient (Wildman–Crippen LogP) is 6.00. The number of carbonyl (C=O) groups excluding carboxylic acids is 2. The maximum Gasteiger partial charge on any atom is 0.324 e. The largest absolute Gasteiger partial charge is 0.497 e. The Morgan fingerprint density at radius 1 is 0.907 bits per heavy atom. The Bertz CT molecular complexity index is 1590. The summed E-state index contributed by atoms with van der Waals surface area (Å²) in [7, 11) is 3.07. The van der Waals surface area contributed by atoms with Gasteiger partial charge in [-0.15, -0.1) is 0 Å². The molecule has 4 aromatic rings. The van der Waals surface area contributed by atoms with Crippen LogP contribution in [0.3, 0.4) is 0 Å². The lowest BCUT2D eigenvalue weighted by molar-refractivity contribution is -0.119. The van der Waals surface area contributed by atoms with Crippen molar-refractivity contribution < 1.29 is 23.8 Å². The second kappa shape index (κ2) is 13.4. The van der Waals surface area contributed by atoms with Gasteiger partial charge in [-0.25, -0.2) is 14.5 Å². The number of hydrogen-bond donors (Lipinski definition) is 3. The van der Waals surface area contributed by atoms with Gasteiger partial charge < -0.3 is 24.8 Å². The smallest absolute Gasteiger partial charge is 0.324 e. The van der Waals surface area contributed by atoms with Gasteiger partial charge in [0, 0.05) is 30.5 Å². The van der Waals surface area contributed by atoms with Gasteiger partial charge in [-0.1, -0.05) is 20.8 Å². The molecular formula is C32H38N6O5. The zero-order valence-electron chi connectivity index (χ0n) is 25.6. The molecule has 2 heterocycles. The molecule has 2 aromatic carbocycles. The SMILES string of the molecule is COCC(=O)Nc1cc(COc2ccc(NC(=O)Nc3cc(C(C)(C)C)nn3-c3ccc(OC)cc3)c(C)c2C)ccn1. The number of hydrogen-bond acceptors (Lipinski definition) is 7. The number of nitrogens with one attached hydrogen (secondary N) is 3. The molecule has 4 rings (SSSR count). The lowest BCUT2D eigenvalue weighted by Gasteiger charge is -2.16. The first-order valence-electron chi connectivity index (χ1n) is 13.8. The molecule has 0 saturated heterocycles. The summed E-state index contributed by atoms with van der Waals surface area (Å²) in [6.07, 6.45) is 1.61. The monoisotopic (exact) mass is 586 g/mol. The standard InChI is InChI=1S/C32H38N6O5/c1-20-21(2)26(43-18-22-14-15-33-28(16-22)35-30(39)19-41-6)13-12-25(20)34-31(40)36-29-17-27(32(3,4)5)37-38(29)23-8-10-24(42-7)11-9-23/h8-17H,18-19H2,1-7H3,(H,33,35,39)(H2,34,36,40). The van der Waals surface area contributed by atoms with Crippen molar-refractivity contribution in [3.8, 4) is 17.2 Å². The van der Waals surface area contributed by atoms with Crippen LogP contribution in [0.2, 0.25) is 0 Å². The van der Waals surface area contributed by atoms with Gasteiger partial charge in [0.05, 0.1) is 18.5 Å². The highest BCUT2D eigenvalue weighted by atomic mass is 16.5. The van der Waals surface area contributed by atoms with Gasteiger partial charge in [-0.2, -0.15) is 5.10 Å². The van der Waals surface area contributed by atoms with E-state index in [1.807, 2.05) is 62.4 Å². The van der Waals surface area contributed by atoms with Gasteiger partial charge in [0.1, 0.15) is 36.3 Å². The van der Waals surface area contributed by atoms with Crippen LogP contribution >= 0.6 is 0 Å². The average Bonchev–Trinajstić information content (AvgIpc) is 3.40. The topological polar surface area (TPSA) is 129 Å². The highest BCUT2D eigenvalue weighted by molar-refractivity contribution is 6.00. The molecule has 0 fully saturated rings. The molecule has 11 nitrogen and oxygen atoms in total. The molecule has 3 amide bonds. The van der Waals surface area contributed by atoms with Crippen LogP contribution in [0.15, 0.2) is 60.8 Å². The fourth-order valence-electron chi connectivity index (χ4n) is 4.22. The first-order chi connectivity index (χ1) is 20.5. The molecule has 0 aliphatic heterocycles. The first kappa shape index (κ1) is 31.0. The van der Waals surface area contributed by atoms with Crippen molar-refractivity contribution in [3.63, 3.8) is 0 Å². The zero-order valence-corrected chi connectivity index (χ0v) is 25.6. The molecule has 43 heavy (non-hydrogen) atoms. The van der Waals surface area contributed by atoms with E-state index in [1.54, 1.807) is 24.1 Å². The number of rotatable bonds is 10. The van der Waals surface area contributed by atoms with Crippen LogP contribution in [0.1, 0.15) is 43.2 Å². The van der Waals surface area contributed by atoms with Crippen LogP contribution in [0.25, 0.3) is 5.69 Å². The Morgan fingerprint density at radius 3 is 2.33 bits per heavy atom. The Hall–Kier alpha value is -4.90. The second-order valence-corrected chi connectivity index (χ2v) is 11.0. The van der Waals surface area contributed by atoms with E-state index in [0.717, 1.165) is 33.8 Å². The van der Waals surface area contributed by atoms with Crippen molar-refractivity contribution in [3.05, 3.63) is 83.2 Å². The van der Waals surface area contributed by atoms with Gasteiger partial charge in [0.25, 0.3) is 5.91 Å². The third kappa shape index (κ3) is 7.89. The summed E-state index contributed by atoms with van der Waals surface area (Å²) in [6.45, 7) is 10.3. The second-order valence-electron chi connectivity index (χ2n) is 11.0. The van der Waals surface area contributed by atoms with Crippen molar-refractivity contribution in [2.75, 3.05) is 36.8 Å². The number of benzene rings is 2. The molecule has 0 aliphatic carbocycles. The summed E-state index contributed by atoms with van der Waals surface area (Å²) in [5.41, 5.74) is 4.66. The van der Waals surface area contributed by atoms with Crippen LogP contribution in [-0.2, 0) is 21.6 Å². The number of ether oxygens (including phenoxy) is 3. The minimum atomic E-state index is -0.397. The Balaban J connectivity index is 1.46. The highest BCUT2D eigenvalue weighted by Gasteiger charge is 2.22. The number of aromatic nitrogens is 3. The van der Waals surface area contributed by atoms with Gasteiger partial charge in [0.15, 0.2) is 0 Å². The summed E-state index contributed by atoms with van der Waals surface area (Å²) in [6, 6.07) is 16.1. The average molecular weight is 587 g/mol. The molecule has 0 atom stereocenters. The lowest BCUT2D eigenvalue weighted by atomic mass is 9.92. The maximum absolute atomic E-state index is 13.2. The Morgan fingerprint density at radius 2 is 1.65 bits per heavy atom. The van der Waals surface area contributed by atoms with Crippen LogP contribution in [0.4, 0.5) is 22.1 Å². The first-order valence-corrected chi connectivity index (χ1v) is 13.8. The number of nitrogens with zero attached hydrogens (tertiary/aromatic N) is 3. The van der Waals surface area contributed by atoms with E-state index < -0.39 is 6.03 Å². The van der Waals surface area contributed by atoms with E-state index in [9.17, 15) is 9.59 Å². The van der Waals surface area contributed by atoms with Crippen molar-refractivity contribution in [1.29, 1.82) is 0 Å². The van der Waals surface area contributed by atoms with E-state index in [1.165, 1.54) is 7.11 Å². The highest BCUT2D eigenvalue weighted by Crippen LogP contribution is 2.30. The minimum Gasteiger partial charge on any atom is -0.497 e. The van der Waals surface area contributed by atoms with E-state index in [4.69, 9.17) is 19.3 Å². The van der Waals surface area contributed by atoms with E-state index in [0.29, 0.717) is 23.1 Å². The Kier molecular flexibility index (Phi) is 9.66. The van der Waals surface area contributed by atoms with Gasteiger partial charge >= 0.3 is 6.03 Å². The summed E-state index contributed by atoms with van der Waals surface area (Å²) in [4.78, 5) is 29.1. The molecular weight excluding hydrogens is 548 g/mol. The quantitative estimate of drug-likeness (QED) is 0.208. The van der Waals surface area contributed by atoms with E-state index in [2.05, 4.69) is 41.7 Å². The fraction of sp³-hybridized carbons (Fsp3) is 0.312. The fourth-order valence-corrected chi connectivity index (χ4v) is 4.22. The molecule has 0 aliphatic rings. The van der Waals surface area contributed by atoms with Crippen molar-refractivity contribution in [2.24, 2.45) is 0 Å². The maximum atomic E-state index is 13.2. The number of anilines is 3. The number of methoxy groups -OCH3 is 2. The number of pyridine rings is 1. The lowest BCUT2D eigenvalue weighted by Crippen LogP contribution is -2.22. The van der Waals surface area contributed by atoms with Gasteiger partial charge in [-0.05, 0) is 79.1 Å².